The quantitative estimate of drug-likeness (QED) is 0.751. The number of benzene rings is 2. The highest BCUT2D eigenvalue weighted by Crippen LogP contribution is 2.18. The van der Waals surface area contributed by atoms with Gasteiger partial charge in [-0.3, -0.25) is 0 Å². The normalized spacial score (nSPS) is 13.7. The van der Waals surface area contributed by atoms with E-state index in [4.69, 9.17) is 5.11 Å². The predicted molar refractivity (Wildman–Crippen MR) is 76.1 cm³/mol. The molecule has 0 aliphatic heterocycles. The van der Waals surface area contributed by atoms with Crippen LogP contribution in [0.1, 0.15) is 17.2 Å². The Labute approximate surface area is 117 Å². The Morgan fingerprint density at radius 1 is 1.00 bits per heavy atom. The molecule has 2 aromatic carbocycles. The standard InChI is InChI=1S/C16H17NO3/c18-15(16(19)20)14(13-9-5-2-6-10-13)17-11-12-7-3-1-4-8-12/h1-10,14-15,17-18H,11H2,(H,19,20)/t14-,15+/m0/s1. The van der Waals surface area contributed by atoms with Crippen molar-refractivity contribution in [3.63, 3.8) is 0 Å². The molecule has 0 amide bonds. The first kappa shape index (κ1) is 14.2. The molecule has 20 heavy (non-hydrogen) atoms. The number of carboxylic acid groups (broad SMARTS) is 1. The summed E-state index contributed by atoms with van der Waals surface area (Å²) in [6.45, 7) is 0.491. The van der Waals surface area contributed by atoms with E-state index in [9.17, 15) is 9.90 Å². The van der Waals surface area contributed by atoms with Crippen LogP contribution in [-0.2, 0) is 11.3 Å². The minimum Gasteiger partial charge on any atom is -0.479 e. The van der Waals surface area contributed by atoms with Crippen LogP contribution in [0.3, 0.4) is 0 Å². The van der Waals surface area contributed by atoms with Crippen LogP contribution in [0.5, 0.6) is 0 Å². The highest BCUT2D eigenvalue weighted by molar-refractivity contribution is 5.73. The summed E-state index contributed by atoms with van der Waals surface area (Å²) in [5, 5.41) is 22.0. The van der Waals surface area contributed by atoms with E-state index in [0.29, 0.717) is 6.54 Å². The topological polar surface area (TPSA) is 69.6 Å². The zero-order valence-corrected chi connectivity index (χ0v) is 10.9. The summed E-state index contributed by atoms with van der Waals surface area (Å²) in [7, 11) is 0. The number of hydrogen-bond donors (Lipinski definition) is 3. The zero-order valence-electron chi connectivity index (χ0n) is 10.9. The van der Waals surface area contributed by atoms with Gasteiger partial charge in [-0.15, -0.1) is 0 Å². The van der Waals surface area contributed by atoms with Gasteiger partial charge in [0.25, 0.3) is 0 Å². The number of aliphatic hydroxyl groups excluding tert-OH is 1. The van der Waals surface area contributed by atoms with Gasteiger partial charge in [-0.1, -0.05) is 60.7 Å². The van der Waals surface area contributed by atoms with E-state index in [-0.39, 0.29) is 0 Å². The van der Waals surface area contributed by atoms with Crippen molar-refractivity contribution < 1.29 is 15.0 Å². The summed E-state index contributed by atoms with van der Waals surface area (Å²) in [6.07, 6.45) is -1.49. The lowest BCUT2D eigenvalue weighted by Gasteiger charge is -2.22. The first-order valence-corrected chi connectivity index (χ1v) is 6.41. The molecule has 104 valence electrons. The molecule has 0 fully saturated rings. The van der Waals surface area contributed by atoms with Crippen molar-refractivity contribution in [1.29, 1.82) is 0 Å². The smallest absolute Gasteiger partial charge is 0.334 e. The molecule has 0 bridgehead atoms. The Morgan fingerprint density at radius 2 is 1.55 bits per heavy atom. The molecule has 2 atom stereocenters. The largest absolute Gasteiger partial charge is 0.479 e. The highest BCUT2D eigenvalue weighted by atomic mass is 16.4. The van der Waals surface area contributed by atoms with E-state index in [1.807, 2.05) is 48.5 Å². The average molecular weight is 271 g/mol. The molecular formula is C16H17NO3. The van der Waals surface area contributed by atoms with Gasteiger partial charge in [-0.25, -0.2) is 4.79 Å². The molecule has 0 radical (unpaired) electrons. The van der Waals surface area contributed by atoms with Crippen molar-refractivity contribution in [3.8, 4) is 0 Å². The summed E-state index contributed by atoms with van der Waals surface area (Å²) in [5.74, 6) is -1.24. The fourth-order valence-corrected chi connectivity index (χ4v) is 2.04. The zero-order chi connectivity index (χ0) is 14.4. The maximum absolute atomic E-state index is 11.0. The third-order valence-corrected chi connectivity index (χ3v) is 3.10. The van der Waals surface area contributed by atoms with Gasteiger partial charge in [0.15, 0.2) is 6.10 Å². The van der Waals surface area contributed by atoms with Crippen LogP contribution < -0.4 is 5.32 Å². The van der Waals surface area contributed by atoms with E-state index in [0.717, 1.165) is 11.1 Å². The number of carbonyl (C=O) groups is 1. The Bertz CT molecular complexity index is 542. The van der Waals surface area contributed by atoms with E-state index >= 15 is 0 Å². The monoisotopic (exact) mass is 271 g/mol. The van der Waals surface area contributed by atoms with Crippen molar-refractivity contribution in [2.45, 2.75) is 18.7 Å². The lowest BCUT2D eigenvalue weighted by Crippen LogP contribution is -2.37. The van der Waals surface area contributed by atoms with Crippen LogP contribution in [0.4, 0.5) is 0 Å². The Hall–Kier alpha value is -2.17. The van der Waals surface area contributed by atoms with Gasteiger partial charge in [0.2, 0.25) is 0 Å². The summed E-state index contributed by atoms with van der Waals surface area (Å²) >= 11 is 0. The van der Waals surface area contributed by atoms with E-state index in [1.165, 1.54) is 0 Å². The summed E-state index contributed by atoms with van der Waals surface area (Å²) in [4.78, 5) is 11.0. The van der Waals surface area contributed by atoms with Crippen LogP contribution in [-0.4, -0.2) is 22.3 Å². The van der Waals surface area contributed by atoms with Gasteiger partial charge in [0.1, 0.15) is 0 Å². The highest BCUT2D eigenvalue weighted by Gasteiger charge is 2.26. The Balaban J connectivity index is 2.13. The van der Waals surface area contributed by atoms with Gasteiger partial charge in [0, 0.05) is 6.54 Å². The summed E-state index contributed by atoms with van der Waals surface area (Å²) in [5.41, 5.74) is 1.78. The SMILES string of the molecule is O=C(O)[C@H](O)[C@@H](NCc1ccccc1)c1ccccc1. The van der Waals surface area contributed by atoms with Crippen molar-refractivity contribution in [1.82, 2.24) is 5.32 Å². The summed E-state index contributed by atoms with van der Waals surface area (Å²) in [6, 6.07) is 18.1. The van der Waals surface area contributed by atoms with Crippen LogP contribution in [0.25, 0.3) is 0 Å². The van der Waals surface area contributed by atoms with Crippen molar-refractivity contribution in [3.05, 3.63) is 71.8 Å². The van der Waals surface area contributed by atoms with Gasteiger partial charge >= 0.3 is 5.97 Å². The number of hydrogen-bond acceptors (Lipinski definition) is 3. The number of nitrogens with one attached hydrogen (secondary N) is 1. The molecule has 2 aromatic rings. The second kappa shape index (κ2) is 6.84. The van der Waals surface area contributed by atoms with Crippen LogP contribution in [0, 0.1) is 0 Å². The van der Waals surface area contributed by atoms with Gasteiger partial charge < -0.3 is 15.5 Å². The van der Waals surface area contributed by atoms with Crippen LogP contribution >= 0.6 is 0 Å². The molecule has 2 rings (SSSR count). The van der Waals surface area contributed by atoms with Crippen LogP contribution in [0.2, 0.25) is 0 Å². The molecule has 0 spiro atoms. The van der Waals surface area contributed by atoms with Crippen molar-refractivity contribution in [2.75, 3.05) is 0 Å². The summed E-state index contributed by atoms with van der Waals surface area (Å²) < 4.78 is 0. The minimum absolute atomic E-state index is 0.491. The van der Waals surface area contributed by atoms with E-state index in [1.54, 1.807) is 12.1 Å². The van der Waals surface area contributed by atoms with E-state index < -0.39 is 18.1 Å². The van der Waals surface area contributed by atoms with Crippen molar-refractivity contribution in [2.24, 2.45) is 0 Å². The molecule has 0 aliphatic rings. The number of carboxylic acids is 1. The number of rotatable bonds is 6. The first-order chi connectivity index (χ1) is 9.68. The molecule has 4 heteroatoms. The minimum atomic E-state index is -1.49. The maximum atomic E-state index is 11.0. The molecule has 0 unspecified atom stereocenters. The molecule has 3 N–H and O–H groups in total. The third kappa shape index (κ3) is 3.66. The Morgan fingerprint density at radius 3 is 2.10 bits per heavy atom. The van der Waals surface area contributed by atoms with Gasteiger partial charge in [0.05, 0.1) is 6.04 Å². The molecule has 0 heterocycles. The van der Waals surface area contributed by atoms with E-state index in [2.05, 4.69) is 5.32 Å². The Kier molecular flexibility index (Phi) is 4.87. The lowest BCUT2D eigenvalue weighted by molar-refractivity contribution is -0.148. The second-order valence-electron chi connectivity index (χ2n) is 4.54. The van der Waals surface area contributed by atoms with Gasteiger partial charge in [-0.05, 0) is 11.1 Å². The maximum Gasteiger partial charge on any atom is 0.334 e. The molecular weight excluding hydrogens is 254 g/mol. The fraction of sp³-hybridized carbons (Fsp3) is 0.188. The number of aliphatic carboxylic acids is 1. The fourth-order valence-electron chi connectivity index (χ4n) is 2.04. The lowest BCUT2D eigenvalue weighted by atomic mass is 10.0. The molecule has 0 aromatic heterocycles. The molecule has 0 aliphatic carbocycles. The van der Waals surface area contributed by atoms with Crippen LogP contribution in [0.15, 0.2) is 60.7 Å². The van der Waals surface area contributed by atoms with Gasteiger partial charge in [-0.2, -0.15) is 0 Å². The molecule has 4 nitrogen and oxygen atoms in total. The number of aliphatic hydroxyl groups is 1. The first-order valence-electron chi connectivity index (χ1n) is 6.41. The average Bonchev–Trinajstić information content (AvgIpc) is 2.49. The predicted octanol–water partition coefficient (Wildman–Crippen LogP) is 1.96. The second-order valence-corrected chi connectivity index (χ2v) is 4.54. The third-order valence-electron chi connectivity index (χ3n) is 3.10. The molecule has 0 saturated carbocycles. The van der Waals surface area contributed by atoms with Crippen molar-refractivity contribution >= 4 is 5.97 Å². The molecule has 0 saturated heterocycles.